The lowest BCUT2D eigenvalue weighted by Crippen LogP contribution is -2.14. The summed E-state index contributed by atoms with van der Waals surface area (Å²) in [5.74, 6) is 0.940. The van der Waals surface area contributed by atoms with Crippen molar-refractivity contribution in [3.05, 3.63) is 82.5 Å². The molecule has 0 aliphatic heterocycles. The molecule has 1 aromatic heterocycles. The second-order valence-electron chi connectivity index (χ2n) is 6.46. The van der Waals surface area contributed by atoms with Crippen molar-refractivity contribution < 1.29 is 9.53 Å². The largest absolute Gasteiger partial charge is 0.495 e. The van der Waals surface area contributed by atoms with Gasteiger partial charge in [0.05, 0.1) is 18.4 Å². The van der Waals surface area contributed by atoms with Crippen LogP contribution in [0.2, 0.25) is 5.02 Å². The number of benzene rings is 2. The number of aryl methyl sites for hydroxylation is 1. The minimum atomic E-state index is -0.268. The number of ether oxygens (including phenoxy) is 1. The lowest BCUT2D eigenvalue weighted by atomic mass is 10.1. The maximum absolute atomic E-state index is 12.6. The van der Waals surface area contributed by atoms with Gasteiger partial charge in [-0.1, -0.05) is 41.9 Å². The zero-order valence-electron chi connectivity index (χ0n) is 16.0. The fraction of sp³-hybridized carbons (Fsp3) is 0.182. The number of anilines is 2. The van der Waals surface area contributed by atoms with Gasteiger partial charge in [0.1, 0.15) is 11.6 Å². The Hall–Kier alpha value is -3.05. The molecule has 1 heterocycles. The third-order valence-electron chi connectivity index (χ3n) is 4.42. The third kappa shape index (κ3) is 4.61. The monoisotopic (exact) mass is 395 g/mol. The normalized spacial score (nSPS) is 11.6. The molecule has 0 radical (unpaired) electrons. The van der Waals surface area contributed by atoms with E-state index in [1.165, 1.54) is 7.11 Å². The quantitative estimate of drug-likeness (QED) is 0.580. The van der Waals surface area contributed by atoms with Crippen molar-refractivity contribution >= 4 is 29.0 Å². The molecule has 5 nitrogen and oxygen atoms in total. The van der Waals surface area contributed by atoms with Crippen molar-refractivity contribution in [1.29, 1.82) is 0 Å². The van der Waals surface area contributed by atoms with E-state index in [0.717, 1.165) is 11.1 Å². The Kier molecular flexibility index (Phi) is 6.16. The van der Waals surface area contributed by atoms with Crippen LogP contribution in [-0.2, 0) is 0 Å². The van der Waals surface area contributed by atoms with Crippen LogP contribution in [0.25, 0.3) is 0 Å². The lowest BCUT2D eigenvalue weighted by molar-refractivity contribution is 0.102. The first-order valence-corrected chi connectivity index (χ1v) is 9.28. The van der Waals surface area contributed by atoms with Crippen LogP contribution in [-0.4, -0.2) is 18.0 Å². The number of halogens is 1. The summed E-state index contributed by atoms with van der Waals surface area (Å²) in [6, 6.07) is 17.2. The van der Waals surface area contributed by atoms with Gasteiger partial charge in [0.2, 0.25) is 0 Å². The summed E-state index contributed by atoms with van der Waals surface area (Å²) < 4.78 is 5.30. The van der Waals surface area contributed by atoms with Crippen LogP contribution in [0.3, 0.4) is 0 Å². The minimum absolute atomic E-state index is 0.106. The van der Waals surface area contributed by atoms with E-state index in [1.807, 2.05) is 25.1 Å². The van der Waals surface area contributed by atoms with E-state index >= 15 is 0 Å². The molecule has 0 saturated heterocycles. The molecule has 0 aliphatic carbocycles. The van der Waals surface area contributed by atoms with Gasteiger partial charge < -0.3 is 15.4 Å². The SMILES string of the molecule is COc1cc(Cl)c(C)cc1NC(=O)c1ccc(NC(C)c2ccccc2)nc1. The average Bonchev–Trinajstić information content (AvgIpc) is 2.71. The summed E-state index contributed by atoms with van der Waals surface area (Å²) >= 11 is 6.11. The zero-order chi connectivity index (χ0) is 20.1. The fourth-order valence-corrected chi connectivity index (χ4v) is 2.94. The van der Waals surface area contributed by atoms with Crippen LogP contribution in [0, 0.1) is 6.92 Å². The van der Waals surface area contributed by atoms with Crippen LogP contribution in [0.15, 0.2) is 60.8 Å². The first kappa shape index (κ1) is 19.7. The Bertz CT molecular complexity index is 960. The molecule has 1 atom stereocenters. The number of hydrogen-bond donors (Lipinski definition) is 2. The van der Waals surface area contributed by atoms with E-state index in [0.29, 0.717) is 27.8 Å². The van der Waals surface area contributed by atoms with Gasteiger partial charge in [0.15, 0.2) is 0 Å². The Balaban J connectivity index is 1.70. The maximum atomic E-state index is 12.6. The van der Waals surface area contributed by atoms with Crippen LogP contribution in [0.4, 0.5) is 11.5 Å². The first-order chi connectivity index (χ1) is 13.5. The van der Waals surface area contributed by atoms with Gasteiger partial charge in [-0.3, -0.25) is 4.79 Å². The molecule has 6 heteroatoms. The van der Waals surface area contributed by atoms with Crippen molar-refractivity contribution in [3.63, 3.8) is 0 Å². The molecule has 0 bridgehead atoms. The molecular formula is C22H22ClN3O2. The number of hydrogen-bond acceptors (Lipinski definition) is 4. The van der Waals surface area contributed by atoms with Gasteiger partial charge in [0.25, 0.3) is 5.91 Å². The van der Waals surface area contributed by atoms with Crippen molar-refractivity contribution in [2.24, 2.45) is 0 Å². The second kappa shape index (κ2) is 8.76. The molecule has 0 aliphatic rings. The smallest absolute Gasteiger partial charge is 0.257 e. The third-order valence-corrected chi connectivity index (χ3v) is 4.83. The highest BCUT2D eigenvalue weighted by Crippen LogP contribution is 2.31. The van der Waals surface area contributed by atoms with E-state index in [1.54, 1.807) is 30.5 Å². The summed E-state index contributed by atoms with van der Waals surface area (Å²) in [5.41, 5.74) is 3.03. The molecule has 28 heavy (non-hydrogen) atoms. The summed E-state index contributed by atoms with van der Waals surface area (Å²) in [6.45, 7) is 3.93. The molecule has 144 valence electrons. The number of nitrogens with zero attached hydrogens (tertiary/aromatic N) is 1. The Morgan fingerprint density at radius 3 is 2.54 bits per heavy atom. The predicted molar refractivity (Wildman–Crippen MR) is 113 cm³/mol. The number of pyridine rings is 1. The van der Waals surface area contributed by atoms with E-state index < -0.39 is 0 Å². The molecule has 1 amide bonds. The number of rotatable bonds is 6. The average molecular weight is 396 g/mol. The van der Waals surface area contributed by atoms with Crippen molar-refractivity contribution in [1.82, 2.24) is 4.98 Å². The number of carbonyl (C=O) groups is 1. The van der Waals surface area contributed by atoms with E-state index in [4.69, 9.17) is 16.3 Å². The van der Waals surface area contributed by atoms with Crippen molar-refractivity contribution in [3.8, 4) is 5.75 Å². The highest BCUT2D eigenvalue weighted by molar-refractivity contribution is 6.31. The number of carbonyl (C=O) groups excluding carboxylic acids is 1. The van der Waals surface area contributed by atoms with Crippen molar-refractivity contribution in [2.45, 2.75) is 19.9 Å². The minimum Gasteiger partial charge on any atom is -0.495 e. The molecule has 0 spiro atoms. The zero-order valence-corrected chi connectivity index (χ0v) is 16.7. The molecule has 2 aromatic carbocycles. The van der Waals surface area contributed by atoms with E-state index in [9.17, 15) is 4.79 Å². The molecule has 2 N–H and O–H groups in total. The summed E-state index contributed by atoms with van der Waals surface area (Å²) in [5, 5.41) is 6.76. The lowest BCUT2D eigenvalue weighted by Gasteiger charge is -2.15. The maximum Gasteiger partial charge on any atom is 0.257 e. The topological polar surface area (TPSA) is 63.2 Å². The molecule has 3 aromatic rings. The van der Waals surface area contributed by atoms with Gasteiger partial charge in [0, 0.05) is 23.3 Å². The Morgan fingerprint density at radius 1 is 1.14 bits per heavy atom. The summed E-state index contributed by atoms with van der Waals surface area (Å²) in [7, 11) is 1.53. The van der Waals surface area contributed by atoms with Gasteiger partial charge in [-0.05, 0) is 43.2 Å². The standard InChI is InChI=1S/C22H22ClN3O2/c1-14-11-19(20(28-3)12-18(14)23)26-22(27)17-9-10-21(24-13-17)25-15(2)16-7-5-4-6-8-16/h4-13,15H,1-3H3,(H,24,25)(H,26,27). The van der Waals surface area contributed by atoms with Gasteiger partial charge in [-0.25, -0.2) is 4.98 Å². The Morgan fingerprint density at radius 2 is 1.89 bits per heavy atom. The van der Waals surface area contributed by atoms with Crippen LogP contribution in [0.5, 0.6) is 5.75 Å². The number of methoxy groups -OCH3 is 1. The molecular weight excluding hydrogens is 374 g/mol. The van der Waals surface area contributed by atoms with Crippen molar-refractivity contribution in [2.75, 3.05) is 17.7 Å². The summed E-state index contributed by atoms with van der Waals surface area (Å²) in [4.78, 5) is 16.9. The predicted octanol–water partition coefficient (Wildman–Crippen LogP) is 5.48. The van der Waals surface area contributed by atoms with Gasteiger partial charge in [-0.2, -0.15) is 0 Å². The Labute approximate surface area is 169 Å². The number of nitrogens with one attached hydrogen (secondary N) is 2. The summed E-state index contributed by atoms with van der Waals surface area (Å²) in [6.07, 6.45) is 1.55. The highest BCUT2D eigenvalue weighted by Gasteiger charge is 2.13. The van der Waals surface area contributed by atoms with Gasteiger partial charge in [-0.15, -0.1) is 0 Å². The number of amides is 1. The van der Waals surface area contributed by atoms with Crippen LogP contribution >= 0.6 is 11.6 Å². The highest BCUT2D eigenvalue weighted by atomic mass is 35.5. The fourth-order valence-electron chi connectivity index (χ4n) is 2.78. The molecule has 3 rings (SSSR count). The molecule has 0 fully saturated rings. The first-order valence-electron chi connectivity index (χ1n) is 8.91. The van der Waals surface area contributed by atoms with Gasteiger partial charge >= 0.3 is 0 Å². The molecule has 1 unspecified atom stereocenters. The van der Waals surface area contributed by atoms with E-state index in [2.05, 4.69) is 34.7 Å². The van der Waals surface area contributed by atoms with Crippen LogP contribution < -0.4 is 15.4 Å². The molecule has 0 saturated carbocycles. The van der Waals surface area contributed by atoms with E-state index in [-0.39, 0.29) is 11.9 Å². The second-order valence-corrected chi connectivity index (χ2v) is 6.87. The van der Waals surface area contributed by atoms with Crippen LogP contribution in [0.1, 0.15) is 34.5 Å². The number of aromatic nitrogens is 1.